The van der Waals surface area contributed by atoms with E-state index >= 15 is 0 Å². The van der Waals surface area contributed by atoms with Crippen LogP contribution < -0.4 is 0 Å². The lowest BCUT2D eigenvalue weighted by Crippen LogP contribution is -2.51. The molecule has 3 rings (SSSR count). The third-order valence-electron chi connectivity index (χ3n) is 3.84. The predicted molar refractivity (Wildman–Crippen MR) is 82.4 cm³/mol. The summed E-state index contributed by atoms with van der Waals surface area (Å²) < 4.78 is 8.02. The molecule has 0 bridgehead atoms. The van der Waals surface area contributed by atoms with Crippen molar-refractivity contribution in [3.05, 3.63) is 29.3 Å². The van der Waals surface area contributed by atoms with Gasteiger partial charge in [-0.15, -0.1) is 0 Å². The Morgan fingerprint density at radius 1 is 1.33 bits per heavy atom. The van der Waals surface area contributed by atoms with Crippen LogP contribution in [0.4, 0.5) is 0 Å². The minimum absolute atomic E-state index is 0.0957. The van der Waals surface area contributed by atoms with Gasteiger partial charge in [-0.05, 0) is 40.7 Å². The molecule has 5 heteroatoms. The second-order valence-electron chi connectivity index (χ2n) is 6.80. The lowest BCUT2D eigenvalue weighted by Gasteiger charge is -2.41. The van der Waals surface area contributed by atoms with E-state index in [0.717, 1.165) is 36.8 Å². The van der Waals surface area contributed by atoms with Gasteiger partial charge in [0.2, 0.25) is 5.78 Å². The van der Waals surface area contributed by atoms with Crippen molar-refractivity contribution in [3.63, 3.8) is 0 Å². The largest absolute Gasteiger partial charge is 0.370 e. The van der Waals surface area contributed by atoms with Gasteiger partial charge >= 0.3 is 0 Å². The van der Waals surface area contributed by atoms with Gasteiger partial charge in [-0.3, -0.25) is 9.30 Å². The van der Waals surface area contributed by atoms with Crippen molar-refractivity contribution in [2.24, 2.45) is 0 Å². The van der Waals surface area contributed by atoms with Gasteiger partial charge in [-0.2, -0.15) is 0 Å². The van der Waals surface area contributed by atoms with Gasteiger partial charge in [0.05, 0.1) is 17.4 Å². The number of aryl methyl sites for hydroxylation is 2. The molecule has 1 atom stereocenters. The standard InChI is InChI=1S/C16H24N4O/c1-11-6-12(2)20-9-14(18-15(20)17-11)8-19-7-13(3)21-16(4,5)10-19/h6,9,13H,7-8,10H2,1-5H3/t13-/m0/s1. The molecule has 0 aliphatic carbocycles. The number of hydrogen-bond donors (Lipinski definition) is 0. The first kappa shape index (κ1) is 14.5. The number of ether oxygens (including phenoxy) is 1. The SMILES string of the molecule is Cc1cc(C)n2cc(CN3C[C@H](C)OC(C)(C)C3)nc2n1. The molecule has 0 unspecified atom stereocenters. The lowest BCUT2D eigenvalue weighted by molar-refractivity contribution is -0.130. The Bertz CT molecular complexity index is 662. The summed E-state index contributed by atoms with van der Waals surface area (Å²) in [7, 11) is 0. The molecule has 1 fully saturated rings. The fourth-order valence-corrected chi connectivity index (χ4v) is 3.33. The monoisotopic (exact) mass is 288 g/mol. The van der Waals surface area contributed by atoms with Crippen LogP contribution in [-0.4, -0.2) is 44.1 Å². The number of imidazole rings is 1. The van der Waals surface area contributed by atoms with Crippen LogP contribution in [0.15, 0.2) is 12.3 Å². The number of hydrogen-bond acceptors (Lipinski definition) is 4. The van der Waals surface area contributed by atoms with Crippen molar-refractivity contribution < 1.29 is 4.74 Å². The first-order valence-electron chi connectivity index (χ1n) is 7.55. The zero-order valence-corrected chi connectivity index (χ0v) is 13.6. The van der Waals surface area contributed by atoms with Crippen LogP contribution in [0, 0.1) is 13.8 Å². The zero-order chi connectivity index (χ0) is 15.2. The number of aromatic nitrogens is 3. The molecule has 0 amide bonds. The minimum Gasteiger partial charge on any atom is -0.370 e. The summed E-state index contributed by atoms with van der Waals surface area (Å²) in [4.78, 5) is 11.6. The Morgan fingerprint density at radius 3 is 2.81 bits per heavy atom. The van der Waals surface area contributed by atoms with Crippen molar-refractivity contribution in [2.45, 2.75) is 52.9 Å². The third kappa shape index (κ3) is 3.09. The van der Waals surface area contributed by atoms with E-state index in [9.17, 15) is 0 Å². The zero-order valence-electron chi connectivity index (χ0n) is 13.6. The first-order chi connectivity index (χ1) is 9.82. The van der Waals surface area contributed by atoms with E-state index in [1.54, 1.807) is 0 Å². The number of fused-ring (bicyclic) bond motifs is 1. The minimum atomic E-state index is -0.0957. The third-order valence-corrected chi connectivity index (χ3v) is 3.84. The van der Waals surface area contributed by atoms with Crippen molar-refractivity contribution in [1.82, 2.24) is 19.3 Å². The Balaban J connectivity index is 1.83. The maximum atomic E-state index is 5.96. The van der Waals surface area contributed by atoms with Gasteiger partial charge in [0, 0.05) is 37.2 Å². The summed E-state index contributed by atoms with van der Waals surface area (Å²) in [5.74, 6) is 0.795. The van der Waals surface area contributed by atoms with Crippen LogP contribution in [0.5, 0.6) is 0 Å². The molecule has 1 saturated heterocycles. The van der Waals surface area contributed by atoms with Crippen LogP contribution in [0.3, 0.4) is 0 Å². The highest BCUT2D eigenvalue weighted by atomic mass is 16.5. The molecule has 3 heterocycles. The fraction of sp³-hybridized carbons (Fsp3) is 0.625. The fourth-order valence-electron chi connectivity index (χ4n) is 3.33. The maximum absolute atomic E-state index is 5.96. The highest BCUT2D eigenvalue weighted by Crippen LogP contribution is 2.22. The molecule has 0 saturated carbocycles. The molecular weight excluding hydrogens is 264 g/mol. The van der Waals surface area contributed by atoms with Crippen LogP contribution in [0.1, 0.15) is 37.9 Å². The molecule has 2 aromatic heterocycles. The Morgan fingerprint density at radius 2 is 2.10 bits per heavy atom. The molecule has 0 spiro atoms. The van der Waals surface area contributed by atoms with E-state index in [1.165, 1.54) is 5.69 Å². The highest BCUT2D eigenvalue weighted by Gasteiger charge is 2.31. The molecule has 5 nitrogen and oxygen atoms in total. The number of nitrogens with zero attached hydrogens (tertiary/aromatic N) is 4. The van der Waals surface area contributed by atoms with Crippen LogP contribution in [0.25, 0.3) is 5.78 Å². The van der Waals surface area contributed by atoms with Gasteiger partial charge in [0.25, 0.3) is 0 Å². The van der Waals surface area contributed by atoms with Crippen molar-refractivity contribution in [1.29, 1.82) is 0 Å². The molecule has 0 radical (unpaired) electrons. The molecular formula is C16H24N4O. The van der Waals surface area contributed by atoms with E-state index in [0.29, 0.717) is 0 Å². The van der Waals surface area contributed by atoms with E-state index in [-0.39, 0.29) is 11.7 Å². The van der Waals surface area contributed by atoms with Crippen LogP contribution >= 0.6 is 0 Å². The summed E-state index contributed by atoms with van der Waals surface area (Å²) >= 11 is 0. The molecule has 1 aliphatic heterocycles. The molecule has 114 valence electrons. The summed E-state index contributed by atoms with van der Waals surface area (Å²) in [6, 6.07) is 2.08. The molecule has 0 aromatic carbocycles. The lowest BCUT2D eigenvalue weighted by atomic mass is 10.1. The van der Waals surface area contributed by atoms with E-state index in [1.807, 2.05) is 6.92 Å². The number of morpholine rings is 1. The summed E-state index contributed by atoms with van der Waals surface area (Å²) in [5.41, 5.74) is 3.16. The maximum Gasteiger partial charge on any atom is 0.234 e. The van der Waals surface area contributed by atoms with Crippen molar-refractivity contribution in [3.8, 4) is 0 Å². The van der Waals surface area contributed by atoms with Gasteiger partial charge in [0.1, 0.15) is 0 Å². The Labute approximate surface area is 126 Å². The summed E-state index contributed by atoms with van der Waals surface area (Å²) in [5, 5.41) is 0. The van der Waals surface area contributed by atoms with E-state index < -0.39 is 0 Å². The van der Waals surface area contributed by atoms with Gasteiger partial charge < -0.3 is 4.74 Å². The summed E-state index contributed by atoms with van der Waals surface area (Å²) in [6.07, 6.45) is 2.36. The second-order valence-corrected chi connectivity index (χ2v) is 6.80. The molecule has 0 N–H and O–H groups in total. The molecule has 2 aromatic rings. The average molecular weight is 288 g/mol. The number of rotatable bonds is 2. The normalized spacial score (nSPS) is 22.8. The van der Waals surface area contributed by atoms with Crippen molar-refractivity contribution in [2.75, 3.05) is 13.1 Å². The van der Waals surface area contributed by atoms with Crippen molar-refractivity contribution >= 4 is 5.78 Å². The second kappa shape index (κ2) is 5.07. The van der Waals surface area contributed by atoms with Crippen LogP contribution in [-0.2, 0) is 11.3 Å². The predicted octanol–water partition coefficient (Wildman–Crippen LogP) is 2.35. The average Bonchev–Trinajstić information content (AvgIpc) is 2.68. The first-order valence-corrected chi connectivity index (χ1v) is 7.55. The quantitative estimate of drug-likeness (QED) is 0.851. The Kier molecular flexibility index (Phi) is 3.50. The van der Waals surface area contributed by atoms with E-state index in [4.69, 9.17) is 4.74 Å². The van der Waals surface area contributed by atoms with E-state index in [2.05, 4.69) is 59.2 Å². The molecule has 1 aliphatic rings. The van der Waals surface area contributed by atoms with Gasteiger partial charge in [-0.25, -0.2) is 9.97 Å². The van der Waals surface area contributed by atoms with Crippen LogP contribution in [0.2, 0.25) is 0 Å². The highest BCUT2D eigenvalue weighted by molar-refractivity contribution is 5.34. The van der Waals surface area contributed by atoms with Gasteiger partial charge in [-0.1, -0.05) is 0 Å². The topological polar surface area (TPSA) is 42.7 Å². The molecule has 21 heavy (non-hydrogen) atoms. The summed E-state index contributed by atoms with van der Waals surface area (Å²) in [6.45, 7) is 13.2. The smallest absolute Gasteiger partial charge is 0.234 e. The van der Waals surface area contributed by atoms with Gasteiger partial charge in [0.15, 0.2) is 0 Å². The Hall–Kier alpha value is -1.46.